The quantitative estimate of drug-likeness (QED) is 0.900. The van der Waals surface area contributed by atoms with Crippen LogP contribution in [0.5, 0.6) is 0 Å². The van der Waals surface area contributed by atoms with E-state index in [1.165, 1.54) is 16.5 Å². The van der Waals surface area contributed by atoms with E-state index in [9.17, 15) is 0 Å². The molecule has 3 unspecified atom stereocenters. The lowest BCUT2D eigenvalue weighted by atomic mass is 10.1. The average molecular weight is 289 g/mol. The Morgan fingerprint density at radius 2 is 2.29 bits per heavy atom. The highest BCUT2D eigenvalue weighted by Crippen LogP contribution is 2.34. The molecule has 2 nitrogen and oxygen atoms in total. The molecule has 0 aliphatic carbocycles. The van der Waals surface area contributed by atoms with Gasteiger partial charge in [-0.3, -0.25) is 0 Å². The number of nitrogens with one attached hydrogen (secondary N) is 1. The number of thioether (sulfide) groups is 2. The minimum absolute atomic E-state index is 0.568. The number of hydrogen-bond donors (Lipinski definition) is 1. The first kappa shape index (κ1) is 13.7. The molecule has 2 heterocycles. The number of hydrogen-bond acceptors (Lipinski definition) is 5. The lowest BCUT2D eigenvalue weighted by Crippen LogP contribution is -2.45. The van der Waals surface area contributed by atoms with Crippen molar-refractivity contribution < 1.29 is 0 Å². The fraction of sp³-hybridized carbons (Fsp3) is 0.750. The Morgan fingerprint density at radius 1 is 1.47 bits per heavy atom. The van der Waals surface area contributed by atoms with E-state index in [2.05, 4.69) is 53.1 Å². The van der Waals surface area contributed by atoms with Crippen LogP contribution in [0.3, 0.4) is 0 Å². The topological polar surface area (TPSA) is 24.9 Å². The summed E-state index contributed by atoms with van der Waals surface area (Å²) < 4.78 is 0. The molecule has 5 heteroatoms. The highest BCUT2D eigenvalue weighted by atomic mass is 32.2. The van der Waals surface area contributed by atoms with Crippen molar-refractivity contribution in [1.82, 2.24) is 10.3 Å². The second-order valence-electron chi connectivity index (χ2n) is 4.21. The van der Waals surface area contributed by atoms with Gasteiger partial charge in [-0.1, -0.05) is 13.8 Å². The fourth-order valence-electron chi connectivity index (χ4n) is 2.20. The van der Waals surface area contributed by atoms with Gasteiger partial charge in [0.1, 0.15) is 0 Å². The molecule has 17 heavy (non-hydrogen) atoms. The normalized spacial score (nSPS) is 26.9. The Hall–Kier alpha value is 0.290. The van der Waals surface area contributed by atoms with Gasteiger partial charge in [0.15, 0.2) is 0 Å². The van der Waals surface area contributed by atoms with Gasteiger partial charge in [-0.15, -0.1) is 11.3 Å². The van der Waals surface area contributed by atoms with Crippen LogP contribution in [0.25, 0.3) is 0 Å². The summed E-state index contributed by atoms with van der Waals surface area (Å²) in [6.07, 6.45) is 2.99. The summed E-state index contributed by atoms with van der Waals surface area (Å²) in [5.74, 6) is 2.60. The summed E-state index contributed by atoms with van der Waals surface area (Å²) in [4.78, 5) is 4.42. The number of thiazole rings is 1. The molecule has 0 radical (unpaired) electrons. The largest absolute Gasteiger partial charge is 0.313 e. The summed E-state index contributed by atoms with van der Waals surface area (Å²) in [6.45, 7) is 5.61. The third-order valence-electron chi connectivity index (χ3n) is 2.98. The number of nitrogens with zero attached hydrogens (tertiary/aromatic N) is 1. The predicted octanol–water partition coefficient (Wildman–Crippen LogP) is 2.90. The van der Waals surface area contributed by atoms with Crippen LogP contribution in [0.4, 0.5) is 0 Å². The smallest absolute Gasteiger partial charge is 0.0940 e. The van der Waals surface area contributed by atoms with Gasteiger partial charge in [0.2, 0.25) is 0 Å². The first-order valence-corrected chi connectivity index (χ1v) is 9.14. The zero-order valence-electron chi connectivity index (χ0n) is 10.4. The van der Waals surface area contributed by atoms with Crippen LogP contribution in [-0.2, 0) is 6.42 Å². The Kier molecular flexibility index (Phi) is 5.66. The minimum Gasteiger partial charge on any atom is -0.313 e. The van der Waals surface area contributed by atoms with E-state index < -0.39 is 0 Å². The molecule has 0 spiro atoms. The van der Waals surface area contributed by atoms with Crippen LogP contribution < -0.4 is 5.32 Å². The maximum Gasteiger partial charge on any atom is 0.0940 e. The molecular formula is C12H20N2S3. The zero-order valence-corrected chi connectivity index (χ0v) is 12.8. The molecule has 0 saturated carbocycles. The third-order valence-corrected chi connectivity index (χ3v) is 7.03. The Morgan fingerprint density at radius 3 is 2.94 bits per heavy atom. The summed E-state index contributed by atoms with van der Waals surface area (Å²) in [6, 6.07) is 0.568. The van der Waals surface area contributed by atoms with Crippen LogP contribution in [0.15, 0.2) is 11.6 Å². The SMILES string of the molecule is CCNC(Cc1nccs1)C1SCCSC1C. The molecule has 96 valence electrons. The van der Waals surface area contributed by atoms with Crippen LogP contribution in [-0.4, -0.2) is 39.6 Å². The molecular weight excluding hydrogens is 268 g/mol. The molecule has 1 aromatic heterocycles. The molecule has 1 aliphatic rings. The molecule has 2 rings (SSSR count). The molecule has 0 bridgehead atoms. The summed E-state index contributed by atoms with van der Waals surface area (Å²) in [5.41, 5.74) is 0. The van der Waals surface area contributed by atoms with Crippen molar-refractivity contribution in [2.45, 2.75) is 36.8 Å². The van der Waals surface area contributed by atoms with E-state index >= 15 is 0 Å². The molecule has 0 aromatic carbocycles. The van der Waals surface area contributed by atoms with E-state index in [0.717, 1.165) is 23.5 Å². The van der Waals surface area contributed by atoms with Crippen molar-refractivity contribution in [3.05, 3.63) is 16.6 Å². The fourth-order valence-corrected chi connectivity index (χ4v) is 5.84. The maximum absolute atomic E-state index is 4.42. The van der Waals surface area contributed by atoms with Crippen molar-refractivity contribution in [3.63, 3.8) is 0 Å². The van der Waals surface area contributed by atoms with Crippen molar-refractivity contribution in [1.29, 1.82) is 0 Å². The van der Waals surface area contributed by atoms with Crippen molar-refractivity contribution in [3.8, 4) is 0 Å². The minimum atomic E-state index is 0.568. The van der Waals surface area contributed by atoms with Crippen molar-refractivity contribution >= 4 is 34.9 Å². The van der Waals surface area contributed by atoms with Crippen LogP contribution in [0.1, 0.15) is 18.9 Å². The van der Waals surface area contributed by atoms with Gasteiger partial charge in [-0.25, -0.2) is 4.98 Å². The molecule has 3 atom stereocenters. The maximum atomic E-state index is 4.42. The molecule has 1 aliphatic heterocycles. The van der Waals surface area contributed by atoms with Gasteiger partial charge in [0, 0.05) is 46.0 Å². The van der Waals surface area contributed by atoms with Gasteiger partial charge < -0.3 is 5.32 Å². The van der Waals surface area contributed by atoms with Crippen molar-refractivity contribution in [2.24, 2.45) is 0 Å². The van der Waals surface area contributed by atoms with Crippen molar-refractivity contribution in [2.75, 3.05) is 18.1 Å². The lowest BCUT2D eigenvalue weighted by molar-refractivity contribution is 0.500. The van der Waals surface area contributed by atoms with Gasteiger partial charge >= 0.3 is 0 Å². The number of likely N-dealkylation sites (N-methyl/N-ethyl adjacent to an activating group) is 1. The van der Waals surface area contributed by atoms with Crippen LogP contribution in [0, 0.1) is 0 Å². The van der Waals surface area contributed by atoms with E-state index in [4.69, 9.17) is 0 Å². The molecule has 0 amide bonds. The van der Waals surface area contributed by atoms with E-state index in [0.29, 0.717) is 6.04 Å². The van der Waals surface area contributed by atoms with Gasteiger partial charge in [0.25, 0.3) is 0 Å². The second-order valence-corrected chi connectivity index (χ2v) is 7.96. The standard InChI is InChI=1S/C12H20N2S3/c1-3-13-10(8-11-14-4-5-16-11)12-9(2)15-6-7-17-12/h4-5,9-10,12-13H,3,6-8H2,1-2H3. The third kappa shape index (κ3) is 3.88. The zero-order chi connectivity index (χ0) is 12.1. The highest BCUT2D eigenvalue weighted by molar-refractivity contribution is 8.07. The molecule has 1 fully saturated rings. The molecule has 1 N–H and O–H groups in total. The first-order chi connectivity index (χ1) is 8.31. The van der Waals surface area contributed by atoms with Crippen LogP contribution in [0.2, 0.25) is 0 Å². The van der Waals surface area contributed by atoms with E-state index in [-0.39, 0.29) is 0 Å². The monoisotopic (exact) mass is 288 g/mol. The second kappa shape index (κ2) is 7.02. The number of rotatable bonds is 5. The Labute approximate surface area is 116 Å². The summed E-state index contributed by atoms with van der Waals surface area (Å²) in [7, 11) is 0. The van der Waals surface area contributed by atoms with Crippen LogP contribution >= 0.6 is 34.9 Å². The lowest BCUT2D eigenvalue weighted by Gasteiger charge is -2.34. The Bertz CT molecular complexity index is 316. The highest BCUT2D eigenvalue weighted by Gasteiger charge is 2.30. The number of aromatic nitrogens is 1. The van der Waals surface area contributed by atoms with Gasteiger partial charge in [0.05, 0.1) is 5.01 Å². The van der Waals surface area contributed by atoms with E-state index in [1.54, 1.807) is 11.3 Å². The Balaban J connectivity index is 1.99. The predicted molar refractivity (Wildman–Crippen MR) is 81.4 cm³/mol. The van der Waals surface area contributed by atoms with Gasteiger partial charge in [-0.2, -0.15) is 23.5 Å². The van der Waals surface area contributed by atoms with E-state index in [1.807, 2.05) is 6.20 Å². The van der Waals surface area contributed by atoms with Gasteiger partial charge in [-0.05, 0) is 6.54 Å². The first-order valence-electron chi connectivity index (χ1n) is 6.16. The average Bonchev–Trinajstić information content (AvgIpc) is 2.82. The summed E-state index contributed by atoms with van der Waals surface area (Å²) >= 11 is 6.03. The molecule has 1 saturated heterocycles. The molecule has 1 aromatic rings. The summed E-state index contributed by atoms with van der Waals surface area (Å²) in [5, 5.41) is 8.46.